The van der Waals surface area contributed by atoms with Crippen molar-refractivity contribution in [3.8, 4) is 5.75 Å². The number of carbonyl (C=O) groups is 1. The molecule has 2 fully saturated rings. The lowest BCUT2D eigenvalue weighted by Crippen LogP contribution is -2.43. The highest BCUT2D eigenvalue weighted by Gasteiger charge is 2.37. The van der Waals surface area contributed by atoms with Gasteiger partial charge in [0.1, 0.15) is 12.4 Å². The molecule has 2 N–H and O–H groups in total. The van der Waals surface area contributed by atoms with Gasteiger partial charge in [-0.1, -0.05) is 42.7 Å². The first-order valence-electron chi connectivity index (χ1n) is 15.5. The molecule has 2 saturated carbocycles. The highest BCUT2D eigenvalue weighted by atomic mass is 35.5. The summed E-state index contributed by atoms with van der Waals surface area (Å²) in [5.41, 5.74) is 3.35. The third-order valence-corrected chi connectivity index (χ3v) is 11.6. The molecule has 2 aliphatic heterocycles. The van der Waals surface area contributed by atoms with Crippen LogP contribution in [0.4, 0.5) is 5.69 Å². The van der Waals surface area contributed by atoms with E-state index in [1.54, 1.807) is 18.2 Å². The molecule has 1 amide bonds. The van der Waals surface area contributed by atoms with E-state index in [2.05, 4.69) is 9.62 Å². The molecule has 7 nitrogen and oxygen atoms in total. The Balaban J connectivity index is 1.36. The van der Waals surface area contributed by atoms with Gasteiger partial charge in [0.2, 0.25) is 10.0 Å². The van der Waals surface area contributed by atoms with E-state index in [9.17, 15) is 18.3 Å². The SMILES string of the molecule is O=C1NS(=O)(=O)[C@@H](CC2CC2)CC/C=C\[C@H](O)[C@@H]2CC[C@H]2CN2CCCCc3cc(Cl)ccc3COc3ccc1cc32. The van der Waals surface area contributed by atoms with Crippen molar-refractivity contribution in [1.82, 2.24) is 4.72 Å². The molecule has 0 saturated heterocycles. The van der Waals surface area contributed by atoms with E-state index >= 15 is 0 Å². The van der Waals surface area contributed by atoms with Crippen molar-refractivity contribution in [2.75, 3.05) is 18.0 Å². The fourth-order valence-corrected chi connectivity index (χ4v) is 8.40. The molecule has 2 bridgehead atoms. The number of hydrogen-bond donors (Lipinski definition) is 2. The van der Waals surface area contributed by atoms with Gasteiger partial charge in [0, 0.05) is 23.7 Å². The van der Waals surface area contributed by atoms with E-state index in [4.69, 9.17) is 16.3 Å². The summed E-state index contributed by atoms with van der Waals surface area (Å²) in [6.07, 6.45) is 11.6. The van der Waals surface area contributed by atoms with Gasteiger partial charge < -0.3 is 14.7 Å². The lowest BCUT2D eigenvalue weighted by molar-refractivity contribution is 0.0461. The van der Waals surface area contributed by atoms with Gasteiger partial charge in [0.25, 0.3) is 5.91 Å². The molecule has 6 rings (SSSR count). The Labute approximate surface area is 254 Å². The average molecular weight is 613 g/mol. The maximum Gasteiger partial charge on any atom is 0.264 e. The van der Waals surface area contributed by atoms with Crippen LogP contribution in [0.3, 0.4) is 0 Å². The number of hydrogen-bond acceptors (Lipinski definition) is 6. The Morgan fingerprint density at radius 1 is 1.02 bits per heavy atom. The summed E-state index contributed by atoms with van der Waals surface area (Å²) in [4.78, 5) is 15.7. The van der Waals surface area contributed by atoms with Crippen LogP contribution in [0.15, 0.2) is 48.6 Å². The van der Waals surface area contributed by atoms with Gasteiger partial charge in [-0.25, -0.2) is 13.1 Å². The van der Waals surface area contributed by atoms with Crippen LogP contribution in [0.1, 0.15) is 79.3 Å². The summed E-state index contributed by atoms with van der Waals surface area (Å²) in [5, 5.41) is 11.1. The van der Waals surface area contributed by atoms with Crippen LogP contribution in [-0.2, 0) is 23.1 Å². The number of aliphatic hydroxyl groups excluding tert-OH is 1. The lowest BCUT2D eigenvalue weighted by atomic mass is 9.70. The van der Waals surface area contributed by atoms with E-state index in [1.807, 2.05) is 30.4 Å². The third-order valence-electron chi connectivity index (χ3n) is 9.56. The first kappa shape index (κ1) is 29.5. The van der Waals surface area contributed by atoms with Crippen LogP contribution in [0.5, 0.6) is 5.75 Å². The molecule has 2 aromatic rings. The van der Waals surface area contributed by atoms with Crippen molar-refractivity contribution in [3.05, 3.63) is 70.3 Å². The van der Waals surface area contributed by atoms with Gasteiger partial charge in [-0.15, -0.1) is 0 Å². The van der Waals surface area contributed by atoms with E-state index in [0.717, 1.165) is 69.3 Å². The molecule has 2 aliphatic carbocycles. The third kappa shape index (κ3) is 6.81. The monoisotopic (exact) mass is 612 g/mol. The predicted octanol–water partition coefficient (Wildman–Crippen LogP) is 6.03. The fourth-order valence-electron chi connectivity index (χ4n) is 6.69. The van der Waals surface area contributed by atoms with Crippen molar-refractivity contribution in [2.45, 2.75) is 82.2 Å². The number of sulfonamides is 1. The molecule has 0 unspecified atom stereocenters. The fraction of sp³-hybridized carbons (Fsp3) is 0.545. The second-order valence-corrected chi connectivity index (χ2v) is 15.0. The van der Waals surface area contributed by atoms with Crippen LogP contribution in [0, 0.1) is 17.8 Å². The van der Waals surface area contributed by atoms with Crippen molar-refractivity contribution >= 4 is 33.2 Å². The second kappa shape index (κ2) is 12.6. The number of fused-ring (bicyclic) bond motifs is 3. The van der Waals surface area contributed by atoms with E-state index < -0.39 is 27.3 Å². The van der Waals surface area contributed by atoms with Gasteiger partial charge in [0.15, 0.2) is 0 Å². The minimum absolute atomic E-state index is 0.153. The quantitative estimate of drug-likeness (QED) is 0.402. The minimum atomic E-state index is -3.88. The number of nitrogens with zero attached hydrogens (tertiary/aromatic N) is 1. The molecule has 4 aliphatic rings. The van der Waals surface area contributed by atoms with Crippen molar-refractivity contribution in [1.29, 1.82) is 0 Å². The molecule has 42 heavy (non-hydrogen) atoms. The molecule has 0 radical (unpaired) electrons. The highest BCUT2D eigenvalue weighted by molar-refractivity contribution is 7.90. The van der Waals surface area contributed by atoms with Crippen LogP contribution in [0.25, 0.3) is 0 Å². The first-order chi connectivity index (χ1) is 20.3. The van der Waals surface area contributed by atoms with E-state index in [-0.39, 0.29) is 5.92 Å². The Bertz CT molecular complexity index is 1440. The normalized spacial score (nSPS) is 29.0. The van der Waals surface area contributed by atoms with Gasteiger partial charge in [-0.3, -0.25) is 4.79 Å². The maximum absolute atomic E-state index is 13.4. The Kier molecular flexibility index (Phi) is 8.85. The summed E-state index contributed by atoms with van der Waals surface area (Å²) in [5.74, 6) is 0.916. The molecular weight excluding hydrogens is 572 g/mol. The van der Waals surface area contributed by atoms with E-state index in [0.29, 0.717) is 54.0 Å². The summed E-state index contributed by atoms with van der Waals surface area (Å²) in [6, 6.07) is 11.1. The second-order valence-electron chi connectivity index (χ2n) is 12.6. The zero-order valence-electron chi connectivity index (χ0n) is 24.0. The smallest absolute Gasteiger partial charge is 0.264 e. The molecule has 9 heteroatoms. The number of aryl methyl sites for hydroxylation is 1. The van der Waals surface area contributed by atoms with E-state index in [1.165, 1.54) is 5.56 Å². The molecule has 0 spiro atoms. The summed E-state index contributed by atoms with van der Waals surface area (Å²) >= 11 is 6.31. The number of anilines is 1. The first-order valence-corrected chi connectivity index (χ1v) is 17.4. The molecule has 2 heterocycles. The maximum atomic E-state index is 13.4. The standard InChI is InChI=1S/C33H41ClN2O5S/c34-27-13-10-26-21-41-32-15-12-24-19-30(32)36(16-4-3-5-23(26)18-27)20-25-11-14-29(25)31(37)7-2-1-6-28(17-22-8-9-22)42(39,40)35-33(24)38/h2,7,10,12-13,15,18-19,22,25,28-29,31,37H,1,3-6,8-9,11,14,16-17,20-21H2,(H,35,38)/b7-2-/t25-,28+,29+,31-/m0/s1. The highest BCUT2D eigenvalue weighted by Crippen LogP contribution is 2.41. The predicted molar refractivity (Wildman–Crippen MR) is 165 cm³/mol. The number of halogens is 1. The molecule has 4 atom stereocenters. The molecule has 0 aromatic heterocycles. The molecular formula is C33H41ClN2O5S. The van der Waals surface area contributed by atoms with Crippen LogP contribution in [0.2, 0.25) is 5.02 Å². The summed E-state index contributed by atoms with van der Waals surface area (Å²) in [7, 11) is -3.88. The van der Waals surface area contributed by atoms with Crippen LogP contribution >= 0.6 is 11.6 Å². The largest absolute Gasteiger partial charge is 0.487 e. The molecule has 226 valence electrons. The number of ether oxygens (including phenoxy) is 1. The van der Waals surface area contributed by atoms with Gasteiger partial charge >= 0.3 is 0 Å². The number of aliphatic hydroxyl groups is 1. The zero-order valence-corrected chi connectivity index (χ0v) is 25.6. The summed E-state index contributed by atoms with van der Waals surface area (Å²) in [6.45, 7) is 1.86. The van der Waals surface area contributed by atoms with Crippen LogP contribution < -0.4 is 14.4 Å². The van der Waals surface area contributed by atoms with Gasteiger partial charge in [-0.2, -0.15) is 0 Å². The number of amides is 1. The Morgan fingerprint density at radius 3 is 2.67 bits per heavy atom. The molecule has 2 aromatic carbocycles. The Hall–Kier alpha value is -2.55. The van der Waals surface area contributed by atoms with Crippen molar-refractivity contribution in [2.24, 2.45) is 17.8 Å². The topological polar surface area (TPSA) is 95.9 Å². The number of carbonyl (C=O) groups excluding carboxylic acids is 1. The van der Waals surface area contributed by atoms with Gasteiger partial charge in [-0.05, 0) is 111 Å². The summed E-state index contributed by atoms with van der Waals surface area (Å²) < 4.78 is 35.7. The average Bonchev–Trinajstić information content (AvgIpc) is 3.76. The lowest BCUT2D eigenvalue weighted by Gasteiger charge is -2.42. The number of nitrogens with one attached hydrogen (secondary N) is 1. The van der Waals surface area contributed by atoms with Crippen molar-refractivity contribution in [3.63, 3.8) is 0 Å². The number of rotatable bonds is 2. The number of benzene rings is 2. The zero-order chi connectivity index (χ0) is 29.3. The number of allylic oxidation sites excluding steroid dienone is 1. The minimum Gasteiger partial charge on any atom is -0.487 e. The van der Waals surface area contributed by atoms with Gasteiger partial charge in [0.05, 0.1) is 17.0 Å². The van der Waals surface area contributed by atoms with Crippen LogP contribution in [-0.4, -0.2) is 43.9 Å². The Morgan fingerprint density at radius 2 is 1.88 bits per heavy atom. The van der Waals surface area contributed by atoms with Crippen molar-refractivity contribution < 1.29 is 23.1 Å².